The fraction of sp³-hybridized carbons (Fsp3) is 0.444. The van der Waals surface area contributed by atoms with Gasteiger partial charge in [0.15, 0.2) is 0 Å². The zero-order valence-electron chi connectivity index (χ0n) is 13.8. The predicted molar refractivity (Wildman–Crippen MR) is 90.1 cm³/mol. The van der Waals surface area contributed by atoms with Crippen molar-refractivity contribution in [3.8, 4) is 0 Å². The van der Waals surface area contributed by atoms with E-state index in [-0.39, 0.29) is 12.5 Å². The highest BCUT2D eigenvalue weighted by molar-refractivity contribution is 5.90. The smallest absolute Gasteiger partial charge is 0.246 e. The maximum atomic E-state index is 12.1. The molecule has 2 aromatic rings. The first-order valence-corrected chi connectivity index (χ1v) is 7.92. The van der Waals surface area contributed by atoms with Gasteiger partial charge in [-0.3, -0.25) is 9.48 Å². The fourth-order valence-corrected chi connectivity index (χ4v) is 2.25. The van der Waals surface area contributed by atoms with Gasteiger partial charge >= 0.3 is 0 Å². The molecule has 0 bridgehead atoms. The summed E-state index contributed by atoms with van der Waals surface area (Å²) in [7, 11) is 0. The van der Waals surface area contributed by atoms with Gasteiger partial charge in [0.2, 0.25) is 5.91 Å². The minimum Gasteiger partial charge on any atom is -0.324 e. The van der Waals surface area contributed by atoms with Crippen LogP contribution in [0.25, 0.3) is 0 Å². The lowest BCUT2D eigenvalue weighted by molar-refractivity contribution is -0.116. The summed E-state index contributed by atoms with van der Waals surface area (Å²) in [6, 6.07) is 10.0. The molecule has 1 aromatic carbocycles. The summed E-state index contributed by atoms with van der Waals surface area (Å²) in [4.78, 5) is 12.1. The van der Waals surface area contributed by atoms with E-state index in [2.05, 4.69) is 50.2 Å². The molecule has 1 amide bonds. The van der Waals surface area contributed by atoms with Crippen molar-refractivity contribution in [3.63, 3.8) is 0 Å². The normalized spacial score (nSPS) is 12.4. The second-order valence-electron chi connectivity index (χ2n) is 6.07. The minimum atomic E-state index is -0.0605. The number of hydrogen-bond donors (Lipinski definition) is 1. The van der Waals surface area contributed by atoms with E-state index in [9.17, 15) is 4.79 Å². The molecule has 1 atom stereocenters. The lowest BCUT2D eigenvalue weighted by Crippen LogP contribution is -2.19. The van der Waals surface area contributed by atoms with Crippen molar-refractivity contribution in [2.75, 3.05) is 5.32 Å². The number of rotatable bonds is 6. The Morgan fingerprint density at radius 3 is 2.41 bits per heavy atom. The Morgan fingerprint density at radius 1 is 1.18 bits per heavy atom. The van der Waals surface area contributed by atoms with Gasteiger partial charge < -0.3 is 5.32 Å². The second-order valence-corrected chi connectivity index (χ2v) is 6.07. The number of carbonyl (C=O) groups is 1. The van der Waals surface area contributed by atoms with Gasteiger partial charge in [0.1, 0.15) is 6.54 Å². The Labute approximate surface area is 132 Å². The molecular formula is C18H25N3O. The molecule has 0 saturated carbocycles. The van der Waals surface area contributed by atoms with Crippen molar-refractivity contribution >= 4 is 11.6 Å². The lowest BCUT2D eigenvalue weighted by Gasteiger charge is -2.10. The van der Waals surface area contributed by atoms with E-state index >= 15 is 0 Å². The number of nitrogens with one attached hydrogen (secondary N) is 1. The predicted octanol–water partition coefficient (Wildman–Crippen LogP) is 4.16. The first kappa shape index (κ1) is 16.3. The van der Waals surface area contributed by atoms with Crippen LogP contribution in [0.2, 0.25) is 0 Å². The van der Waals surface area contributed by atoms with E-state index in [0.29, 0.717) is 11.8 Å². The van der Waals surface area contributed by atoms with Crippen molar-refractivity contribution in [1.29, 1.82) is 0 Å². The van der Waals surface area contributed by atoms with Gasteiger partial charge in [-0.1, -0.05) is 39.8 Å². The van der Waals surface area contributed by atoms with Crippen LogP contribution in [0.1, 0.15) is 57.2 Å². The molecular weight excluding hydrogens is 274 g/mol. The first-order chi connectivity index (χ1) is 10.5. The minimum absolute atomic E-state index is 0.0605. The number of carbonyl (C=O) groups excluding carboxylic acids is 1. The molecule has 4 heteroatoms. The largest absolute Gasteiger partial charge is 0.324 e. The van der Waals surface area contributed by atoms with E-state index < -0.39 is 0 Å². The van der Waals surface area contributed by atoms with Crippen molar-refractivity contribution in [3.05, 3.63) is 47.8 Å². The number of nitrogens with zero attached hydrogens (tertiary/aromatic N) is 2. The maximum absolute atomic E-state index is 12.1. The number of aromatic nitrogens is 2. The molecule has 0 aliphatic carbocycles. The van der Waals surface area contributed by atoms with Crippen molar-refractivity contribution in [1.82, 2.24) is 9.78 Å². The van der Waals surface area contributed by atoms with Gasteiger partial charge in [0.05, 0.1) is 5.69 Å². The molecule has 4 nitrogen and oxygen atoms in total. The molecule has 22 heavy (non-hydrogen) atoms. The molecule has 1 N–H and O–H groups in total. The quantitative estimate of drug-likeness (QED) is 0.870. The summed E-state index contributed by atoms with van der Waals surface area (Å²) in [5.41, 5.74) is 3.13. The third kappa shape index (κ3) is 4.20. The first-order valence-electron chi connectivity index (χ1n) is 7.92. The number of anilines is 1. The summed E-state index contributed by atoms with van der Waals surface area (Å²) < 4.78 is 1.68. The van der Waals surface area contributed by atoms with Gasteiger partial charge in [0, 0.05) is 11.9 Å². The highest BCUT2D eigenvalue weighted by Crippen LogP contribution is 2.20. The topological polar surface area (TPSA) is 46.9 Å². The molecule has 1 heterocycles. The van der Waals surface area contributed by atoms with Crippen molar-refractivity contribution < 1.29 is 4.79 Å². The molecule has 1 aromatic heterocycles. The van der Waals surface area contributed by atoms with Crippen LogP contribution in [-0.4, -0.2) is 15.7 Å². The van der Waals surface area contributed by atoms with Crippen LogP contribution in [0, 0.1) is 0 Å². The third-order valence-electron chi connectivity index (χ3n) is 3.93. The Hall–Kier alpha value is -2.10. The van der Waals surface area contributed by atoms with Crippen LogP contribution >= 0.6 is 0 Å². The highest BCUT2D eigenvalue weighted by Gasteiger charge is 2.08. The Kier molecular flexibility index (Phi) is 5.36. The van der Waals surface area contributed by atoms with E-state index in [1.54, 1.807) is 4.68 Å². The lowest BCUT2D eigenvalue weighted by atomic mass is 9.99. The average molecular weight is 299 g/mol. The van der Waals surface area contributed by atoms with E-state index in [0.717, 1.165) is 17.8 Å². The van der Waals surface area contributed by atoms with Gasteiger partial charge in [-0.15, -0.1) is 0 Å². The Balaban J connectivity index is 1.93. The monoisotopic (exact) mass is 299 g/mol. The Bertz CT molecular complexity index is 614. The van der Waals surface area contributed by atoms with Crippen molar-refractivity contribution in [2.45, 2.75) is 52.5 Å². The number of amides is 1. The Morgan fingerprint density at radius 2 is 1.86 bits per heavy atom. The zero-order valence-corrected chi connectivity index (χ0v) is 13.8. The second kappa shape index (κ2) is 7.25. The molecule has 0 unspecified atom stereocenters. The molecule has 118 valence electrons. The highest BCUT2D eigenvalue weighted by atomic mass is 16.2. The van der Waals surface area contributed by atoms with E-state index in [1.807, 2.05) is 24.4 Å². The van der Waals surface area contributed by atoms with Crippen LogP contribution in [-0.2, 0) is 11.3 Å². The summed E-state index contributed by atoms with van der Waals surface area (Å²) in [5, 5.41) is 7.31. The molecule has 0 radical (unpaired) electrons. The third-order valence-corrected chi connectivity index (χ3v) is 3.93. The molecule has 2 rings (SSSR count). The van der Waals surface area contributed by atoms with Crippen LogP contribution in [0.3, 0.4) is 0 Å². The summed E-state index contributed by atoms with van der Waals surface area (Å²) in [6.07, 6.45) is 2.96. The standard InChI is InChI=1S/C18H25N3O/c1-5-14(4)15-6-8-16(9-7-15)19-18(22)12-21-11-10-17(20-21)13(2)3/h6-11,13-14H,5,12H2,1-4H3,(H,19,22)/t14-/m1/s1. The number of hydrogen-bond acceptors (Lipinski definition) is 2. The fourth-order valence-electron chi connectivity index (χ4n) is 2.25. The van der Waals surface area contributed by atoms with E-state index in [1.165, 1.54) is 5.56 Å². The average Bonchev–Trinajstić information content (AvgIpc) is 2.95. The number of benzene rings is 1. The summed E-state index contributed by atoms with van der Waals surface area (Å²) >= 11 is 0. The van der Waals surface area contributed by atoms with Crippen LogP contribution < -0.4 is 5.32 Å². The van der Waals surface area contributed by atoms with E-state index in [4.69, 9.17) is 0 Å². The molecule has 0 saturated heterocycles. The maximum Gasteiger partial charge on any atom is 0.246 e. The van der Waals surface area contributed by atoms with Gasteiger partial charge in [-0.2, -0.15) is 5.10 Å². The van der Waals surface area contributed by atoms with Crippen LogP contribution in [0.5, 0.6) is 0 Å². The van der Waals surface area contributed by atoms with Crippen LogP contribution in [0.4, 0.5) is 5.69 Å². The summed E-state index contributed by atoms with van der Waals surface area (Å²) in [6.45, 7) is 8.80. The molecule has 0 fully saturated rings. The zero-order chi connectivity index (χ0) is 16.1. The molecule has 0 aliphatic rings. The van der Waals surface area contributed by atoms with Crippen LogP contribution in [0.15, 0.2) is 36.5 Å². The summed E-state index contributed by atoms with van der Waals surface area (Å²) in [5.74, 6) is 0.857. The molecule has 0 aliphatic heterocycles. The van der Waals surface area contributed by atoms with Gasteiger partial charge in [-0.25, -0.2) is 0 Å². The van der Waals surface area contributed by atoms with Gasteiger partial charge in [-0.05, 0) is 42.0 Å². The SMILES string of the molecule is CC[C@@H](C)c1ccc(NC(=O)Cn2ccc(C(C)C)n2)cc1. The van der Waals surface area contributed by atoms with Crippen molar-refractivity contribution in [2.24, 2.45) is 0 Å². The molecule has 0 spiro atoms. The van der Waals surface area contributed by atoms with Gasteiger partial charge in [0.25, 0.3) is 0 Å².